The highest BCUT2D eigenvalue weighted by atomic mass is 19.4. The number of aliphatic hydroxyl groups is 1. The van der Waals surface area contributed by atoms with Crippen LogP contribution in [0.15, 0.2) is 17.3 Å². The number of aromatic nitrogens is 4. The maximum atomic E-state index is 13.2. The second-order valence-electron chi connectivity index (χ2n) is 10.5. The largest absolute Gasteiger partial charge is 0.389 e. The number of hydrogen-bond donors (Lipinski definition) is 1. The van der Waals surface area contributed by atoms with Crippen molar-refractivity contribution in [1.82, 2.24) is 24.2 Å². The van der Waals surface area contributed by atoms with E-state index in [1.807, 2.05) is 0 Å². The minimum Gasteiger partial charge on any atom is -0.387 e. The zero-order valence-electron chi connectivity index (χ0n) is 19.2. The van der Waals surface area contributed by atoms with Crippen LogP contribution < -0.4 is 5.56 Å². The molecule has 2 aromatic heterocycles. The van der Waals surface area contributed by atoms with Gasteiger partial charge in [0.25, 0.3) is 5.56 Å². The van der Waals surface area contributed by atoms with Crippen LogP contribution in [-0.4, -0.2) is 60.1 Å². The van der Waals surface area contributed by atoms with Gasteiger partial charge in [0.05, 0.1) is 30.8 Å². The molecule has 0 aromatic carbocycles. The molecule has 2 unspecified atom stereocenters. The SMILES string of the molecule is CC(CC(F)(F)F)C(=O)N1CCC(O)(Cn2cnc3c(cnn3C3CC3)c2=O)C2(CCCC2)C1. The maximum absolute atomic E-state index is 13.2. The van der Waals surface area contributed by atoms with Crippen molar-refractivity contribution in [2.75, 3.05) is 13.1 Å². The maximum Gasteiger partial charge on any atom is 0.389 e. The molecule has 1 amide bonds. The molecule has 3 heterocycles. The van der Waals surface area contributed by atoms with Gasteiger partial charge in [0.15, 0.2) is 5.65 Å². The van der Waals surface area contributed by atoms with Crippen LogP contribution in [0.2, 0.25) is 0 Å². The summed E-state index contributed by atoms with van der Waals surface area (Å²) in [5, 5.41) is 16.6. The number of fused-ring (bicyclic) bond motifs is 1. The van der Waals surface area contributed by atoms with Crippen LogP contribution in [0, 0.1) is 11.3 Å². The summed E-state index contributed by atoms with van der Waals surface area (Å²) in [4.78, 5) is 31.9. The van der Waals surface area contributed by atoms with Crippen molar-refractivity contribution in [2.24, 2.45) is 11.3 Å². The van der Waals surface area contributed by atoms with Crippen molar-refractivity contribution >= 4 is 16.9 Å². The van der Waals surface area contributed by atoms with E-state index in [0.717, 1.165) is 25.7 Å². The summed E-state index contributed by atoms with van der Waals surface area (Å²) in [6, 6.07) is 0.285. The highest BCUT2D eigenvalue weighted by Crippen LogP contribution is 2.52. The summed E-state index contributed by atoms with van der Waals surface area (Å²) >= 11 is 0. The number of nitrogens with zero attached hydrogens (tertiary/aromatic N) is 5. The summed E-state index contributed by atoms with van der Waals surface area (Å²) < 4.78 is 41.7. The molecule has 1 aliphatic heterocycles. The monoisotopic (exact) mass is 481 g/mol. The predicted molar refractivity (Wildman–Crippen MR) is 117 cm³/mol. The standard InChI is InChI=1S/C23H30F3N5O3/c1-15(10-23(24,25)26)19(32)29-9-8-22(34,21(12-29)6-2-3-7-21)13-30-14-27-18-17(20(30)33)11-28-31(18)16-4-5-16/h11,14-16,34H,2-10,12-13H2,1H3. The van der Waals surface area contributed by atoms with Gasteiger partial charge in [-0.3, -0.25) is 14.2 Å². The molecule has 11 heteroatoms. The van der Waals surface area contributed by atoms with Gasteiger partial charge in [0, 0.05) is 24.4 Å². The Labute approximate surface area is 194 Å². The summed E-state index contributed by atoms with van der Waals surface area (Å²) in [6.45, 7) is 1.70. The molecule has 186 valence electrons. The van der Waals surface area contributed by atoms with Crippen molar-refractivity contribution < 1.29 is 23.1 Å². The average Bonchev–Trinajstić information content (AvgIpc) is 3.33. The molecule has 3 fully saturated rings. The number of likely N-dealkylation sites (tertiary alicyclic amines) is 1. The minimum atomic E-state index is -4.41. The van der Waals surface area contributed by atoms with Crippen molar-refractivity contribution in [3.63, 3.8) is 0 Å². The molecule has 3 aliphatic rings. The fraction of sp³-hybridized carbons (Fsp3) is 0.739. The van der Waals surface area contributed by atoms with Gasteiger partial charge in [-0.15, -0.1) is 0 Å². The minimum absolute atomic E-state index is 0.0313. The van der Waals surface area contributed by atoms with E-state index >= 15 is 0 Å². The first-order chi connectivity index (χ1) is 16.0. The van der Waals surface area contributed by atoms with Crippen molar-refractivity contribution in [3.8, 4) is 0 Å². The molecule has 2 saturated carbocycles. The third-order valence-electron chi connectivity index (χ3n) is 8.01. The first kappa shape index (κ1) is 23.3. The number of amides is 1. The van der Waals surface area contributed by atoms with Gasteiger partial charge in [-0.1, -0.05) is 19.8 Å². The van der Waals surface area contributed by atoms with Crippen LogP contribution in [0.5, 0.6) is 0 Å². The topological polar surface area (TPSA) is 93.2 Å². The number of carbonyl (C=O) groups excluding carboxylic acids is 1. The van der Waals surface area contributed by atoms with E-state index in [1.165, 1.54) is 28.9 Å². The molecule has 0 radical (unpaired) electrons. The quantitative estimate of drug-likeness (QED) is 0.709. The van der Waals surface area contributed by atoms with Crippen molar-refractivity contribution in [1.29, 1.82) is 0 Å². The number of rotatable bonds is 5. The van der Waals surface area contributed by atoms with Crippen LogP contribution in [0.25, 0.3) is 11.0 Å². The van der Waals surface area contributed by atoms with Gasteiger partial charge < -0.3 is 10.0 Å². The van der Waals surface area contributed by atoms with Crippen LogP contribution >= 0.6 is 0 Å². The molecule has 0 bridgehead atoms. The van der Waals surface area contributed by atoms with Gasteiger partial charge >= 0.3 is 6.18 Å². The van der Waals surface area contributed by atoms with Gasteiger partial charge in [-0.2, -0.15) is 18.3 Å². The van der Waals surface area contributed by atoms with E-state index in [0.29, 0.717) is 23.9 Å². The Kier molecular flexibility index (Phi) is 5.53. The first-order valence-electron chi connectivity index (χ1n) is 12.0. The summed E-state index contributed by atoms with van der Waals surface area (Å²) in [5.74, 6) is -1.69. The molecule has 1 spiro atoms. The van der Waals surface area contributed by atoms with E-state index in [-0.39, 0.29) is 37.7 Å². The number of piperidine rings is 1. The number of hydrogen-bond acceptors (Lipinski definition) is 5. The molecule has 2 atom stereocenters. The van der Waals surface area contributed by atoms with Crippen LogP contribution in [-0.2, 0) is 11.3 Å². The molecule has 8 nitrogen and oxygen atoms in total. The fourth-order valence-electron chi connectivity index (χ4n) is 5.98. The normalized spacial score (nSPS) is 25.9. The molecular formula is C23H30F3N5O3. The lowest BCUT2D eigenvalue weighted by molar-refractivity contribution is -0.172. The zero-order chi connectivity index (χ0) is 24.3. The van der Waals surface area contributed by atoms with Gasteiger partial charge in [0.2, 0.25) is 5.91 Å². The fourth-order valence-corrected chi connectivity index (χ4v) is 5.98. The van der Waals surface area contributed by atoms with Crippen LogP contribution in [0.3, 0.4) is 0 Å². The summed E-state index contributed by atoms with van der Waals surface area (Å²) in [5.41, 5.74) is -1.65. The molecule has 5 rings (SSSR count). The van der Waals surface area contributed by atoms with Crippen molar-refractivity contribution in [2.45, 2.75) is 82.7 Å². The predicted octanol–water partition coefficient (Wildman–Crippen LogP) is 3.04. The van der Waals surface area contributed by atoms with Gasteiger partial charge in [-0.05, 0) is 32.1 Å². The highest BCUT2D eigenvalue weighted by Gasteiger charge is 2.56. The Bertz CT molecular complexity index is 1150. The highest BCUT2D eigenvalue weighted by molar-refractivity contribution is 5.78. The van der Waals surface area contributed by atoms with E-state index < -0.39 is 35.4 Å². The Hall–Kier alpha value is -2.43. The smallest absolute Gasteiger partial charge is 0.387 e. The molecule has 1 saturated heterocycles. The first-order valence-corrected chi connectivity index (χ1v) is 12.0. The average molecular weight is 482 g/mol. The Morgan fingerprint density at radius 2 is 1.97 bits per heavy atom. The summed E-state index contributed by atoms with van der Waals surface area (Å²) in [6.07, 6.45) is 2.69. The van der Waals surface area contributed by atoms with E-state index in [9.17, 15) is 27.9 Å². The second kappa shape index (κ2) is 8.07. The summed E-state index contributed by atoms with van der Waals surface area (Å²) in [7, 11) is 0. The number of alkyl halides is 3. The number of halogens is 3. The molecule has 34 heavy (non-hydrogen) atoms. The lowest BCUT2D eigenvalue weighted by Crippen LogP contribution is -2.62. The second-order valence-corrected chi connectivity index (χ2v) is 10.5. The van der Waals surface area contributed by atoms with E-state index in [4.69, 9.17) is 0 Å². The zero-order valence-corrected chi connectivity index (χ0v) is 19.2. The molecule has 2 aliphatic carbocycles. The third kappa shape index (κ3) is 4.01. The van der Waals surface area contributed by atoms with Crippen LogP contribution in [0.1, 0.15) is 64.3 Å². The Balaban J connectivity index is 1.39. The third-order valence-corrected chi connectivity index (χ3v) is 8.01. The molecule has 1 N–H and O–H groups in total. The van der Waals surface area contributed by atoms with Crippen molar-refractivity contribution in [3.05, 3.63) is 22.9 Å². The molecule has 2 aromatic rings. The Morgan fingerprint density at radius 3 is 2.62 bits per heavy atom. The molecular weight excluding hydrogens is 451 g/mol. The van der Waals surface area contributed by atoms with Gasteiger partial charge in [0.1, 0.15) is 11.7 Å². The lowest BCUT2D eigenvalue weighted by atomic mass is 9.65. The van der Waals surface area contributed by atoms with E-state index in [1.54, 1.807) is 4.68 Å². The van der Waals surface area contributed by atoms with E-state index in [2.05, 4.69) is 10.1 Å². The van der Waals surface area contributed by atoms with Gasteiger partial charge in [-0.25, -0.2) is 9.67 Å². The lowest BCUT2D eigenvalue weighted by Gasteiger charge is -2.52. The van der Waals surface area contributed by atoms with Crippen LogP contribution in [0.4, 0.5) is 13.2 Å². The Morgan fingerprint density at radius 1 is 1.26 bits per heavy atom. The number of carbonyl (C=O) groups is 1.